The summed E-state index contributed by atoms with van der Waals surface area (Å²) in [7, 11) is 0. The van der Waals surface area contributed by atoms with E-state index >= 15 is 0 Å². The van der Waals surface area contributed by atoms with Crippen molar-refractivity contribution in [2.75, 3.05) is 24.3 Å². The van der Waals surface area contributed by atoms with Gasteiger partial charge >= 0.3 is 6.18 Å². The molecule has 0 radical (unpaired) electrons. The topological polar surface area (TPSA) is 82.3 Å². The fourth-order valence-corrected chi connectivity index (χ4v) is 3.92. The molecule has 1 aliphatic heterocycles. The molecule has 1 aromatic carbocycles. The molecule has 2 aliphatic rings. The van der Waals surface area contributed by atoms with E-state index in [1.54, 1.807) is 6.92 Å². The quantitative estimate of drug-likeness (QED) is 0.705. The van der Waals surface area contributed by atoms with Crippen LogP contribution in [0, 0.1) is 6.92 Å². The van der Waals surface area contributed by atoms with E-state index in [1.807, 2.05) is 13.0 Å². The maximum atomic E-state index is 13.2. The summed E-state index contributed by atoms with van der Waals surface area (Å²) in [6, 6.07) is 3.09. The van der Waals surface area contributed by atoms with Crippen LogP contribution >= 0.6 is 0 Å². The zero-order chi connectivity index (χ0) is 22.2. The summed E-state index contributed by atoms with van der Waals surface area (Å²) in [4.78, 5) is 0. The molecule has 1 unspecified atom stereocenters. The zero-order valence-electron chi connectivity index (χ0n) is 17.4. The first-order valence-corrected chi connectivity index (χ1v) is 10.2. The minimum atomic E-state index is -4.47. The van der Waals surface area contributed by atoms with Gasteiger partial charge in [-0.3, -0.25) is 0 Å². The second-order valence-corrected chi connectivity index (χ2v) is 7.98. The zero-order valence-corrected chi connectivity index (χ0v) is 17.4. The van der Waals surface area contributed by atoms with Crippen LogP contribution in [0.1, 0.15) is 42.6 Å². The van der Waals surface area contributed by atoms with Crippen LogP contribution in [0.5, 0.6) is 0 Å². The van der Waals surface area contributed by atoms with Gasteiger partial charge in [-0.05, 0) is 56.5 Å². The lowest BCUT2D eigenvalue weighted by Crippen LogP contribution is -2.39. The van der Waals surface area contributed by atoms with Gasteiger partial charge in [-0.25, -0.2) is 0 Å². The molecule has 3 atom stereocenters. The molecule has 1 fully saturated rings. The standard InChI is InChI=1S/C22H25F3N4O2/c1-12(14-7-15(22(23,24)25)9-16(26)8-14)27-21-20-10-17(31-18-5-6-30-11-18)3-4-19(20)13(2)28-29-21/h4,7-10,12,17-18H,3,5-6,11,26H2,1-2H3,(H,27,29)/t12-,17?,18+/m1/s1. The molecule has 3 N–H and O–H groups in total. The summed E-state index contributed by atoms with van der Waals surface area (Å²) in [5.74, 6) is 0.497. The highest BCUT2D eigenvalue weighted by Gasteiger charge is 2.31. The number of nitrogens with one attached hydrogen (secondary N) is 1. The largest absolute Gasteiger partial charge is 0.416 e. The molecule has 0 amide bonds. The monoisotopic (exact) mass is 434 g/mol. The Kier molecular flexibility index (Phi) is 5.90. The number of ether oxygens (including phenoxy) is 2. The predicted octanol–water partition coefficient (Wildman–Crippen LogP) is 2.70. The number of fused-ring (bicyclic) bond motifs is 1. The normalized spacial score (nSPS) is 21.7. The average molecular weight is 434 g/mol. The van der Waals surface area contributed by atoms with Crippen molar-refractivity contribution in [2.45, 2.75) is 51.1 Å². The average Bonchev–Trinajstić information content (AvgIpc) is 3.22. The minimum absolute atomic E-state index is 0.0580. The van der Waals surface area contributed by atoms with Gasteiger partial charge in [0.15, 0.2) is 5.82 Å². The first-order valence-electron chi connectivity index (χ1n) is 10.2. The summed E-state index contributed by atoms with van der Waals surface area (Å²) in [6.07, 6.45) is 1.13. The van der Waals surface area contributed by atoms with Crippen LogP contribution in [0.3, 0.4) is 0 Å². The third-order valence-electron chi connectivity index (χ3n) is 5.56. The highest BCUT2D eigenvalue weighted by atomic mass is 19.4. The van der Waals surface area contributed by atoms with Gasteiger partial charge in [0, 0.05) is 22.7 Å². The van der Waals surface area contributed by atoms with Crippen molar-refractivity contribution in [2.24, 2.45) is 0 Å². The molecular formula is C22H25F3N4O2. The van der Waals surface area contributed by atoms with Crippen molar-refractivity contribution in [1.29, 1.82) is 0 Å². The molecule has 0 saturated carbocycles. The highest BCUT2D eigenvalue weighted by Crippen LogP contribution is 2.33. The van der Waals surface area contributed by atoms with Gasteiger partial charge in [0.05, 0.1) is 36.1 Å². The molecule has 0 spiro atoms. The number of benzene rings is 1. The Hall–Kier alpha value is -2.65. The number of hydrogen-bond donors (Lipinski definition) is 2. The highest BCUT2D eigenvalue weighted by molar-refractivity contribution is 5.53. The third kappa shape index (κ3) is 4.83. The Labute approximate surface area is 177 Å². The Balaban J connectivity index is 1.63. The van der Waals surface area contributed by atoms with Gasteiger partial charge in [-0.1, -0.05) is 6.08 Å². The van der Waals surface area contributed by atoms with E-state index in [-0.39, 0.29) is 17.9 Å². The maximum Gasteiger partial charge on any atom is 0.416 e. The van der Waals surface area contributed by atoms with Gasteiger partial charge in [-0.15, -0.1) is 5.10 Å². The number of aryl methyl sites for hydroxylation is 1. The van der Waals surface area contributed by atoms with Gasteiger partial charge in [-0.2, -0.15) is 18.3 Å². The van der Waals surface area contributed by atoms with Crippen LogP contribution in [0.15, 0.2) is 18.2 Å². The Morgan fingerprint density at radius 1 is 1.23 bits per heavy atom. The van der Waals surface area contributed by atoms with E-state index in [2.05, 4.69) is 21.6 Å². The van der Waals surface area contributed by atoms with E-state index in [4.69, 9.17) is 15.2 Å². The predicted molar refractivity (Wildman–Crippen MR) is 112 cm³/mol. The van der Waals surface area contributed by atoms with E-state index in [9.17, 15) is 13.2 Å². The molecule has 1 aromatic heterocycles. The van der Waals surface area contributed by atoms with Crippen molar-refractivity contribution in [3.05, 3.63) is 45.5 Å². The lowest BCUT2D eigenvalue weighted by Gasteiger charge is -2.22. The fraction of sp³-hybridized carbons (Fsp3) is 0.455. The Morgan fingerprint density at radius 2 is 2.03 bits per heavy atom. The molecule has 2 heterocycles. The van der Waals surface area contributed by atoms with Gasteiger partial charge in [0.2, 0.25) is 0 Å². The van der Waals surface area contributed by atoms with Crippen LogP contribution in [-0.4, -0.2) is 35.6 Å². The number of anilines is 2. The lowest BCUT2D eigenvalue weighted by molar-refractivity contribution is -0.137. The number of alkyl halides is 3. The van der Waals surface area contributed by atoms with Crippen LogP contribution in [0.25, 0.3) is 12.2 Å². The number of nitrogen functional groups attached to an aromatic ring is 1. The lowest BCUT2D eigenvalue weighted by atomic mass is 10.0. The molecule has 1 saturated heterocycles. The summed E-state index contributed by atoms with van der Waals surface area (Å²) in [6.45, 7) is 4.93. The molecule has 31 heavy (non-hydrogen) atoms. The molecule has 166 valence electrons. The van der Waals surface area contributed by atoms with E-state index < -0.39 is 17.8 Å². The summed E-state index contributed by atoms with van der Waals surface area (Å²) in [5.41, 5.74) is 6.20. The smallest absolute Gasteiger partial charge is 0.399 e. The molecule has 1 aliphatic carbocycles. The molecule has 9 heteroatoms. The first kappa shape index (κ1) is 21.6. The van der Waals surface area contributed by atoms with Crippen LogP contribution in [0.2, 0.25) is 0 Å². The van der Waals surface area contributed by atoms with E-state index in [1.165, 1.54) is 6.07 Å². The van der Waals surface area contributed by atoms with Crippen molar-refractivity contribution in [1.82, 2.24) is 10.2 Å². The minimum Gasteiger partial charge on any atom is -0.399 e. The van der Waals surface area contributed by atoms with Crippen molar-refractivity contribution in [3.63, 3.8) is 0 Å². The molecular weight excluding hydrogens is 409 g/mol. The van der Waals surface area contributed by atoms with Crippen LogP contribution in [-0.2, 0) is 15.7 Å². The molecule has 4 rings (SSSR count). The van der Waals surface area contributed by atoms with Gasteiger partial charge < -0.3 is 20.5 Å². The van der Waals surface area contributed by atoms with Gasteiger partial charge in [0.25, 0.3) is 0 Å². The fourth-order valence-electron chi connectivity index (χ4n) is 3.92. The molecule has 0 bridgehead atoms. The van der Waals surface area contributed by atoms with E-state index in [0.29, 0.717) is 24.6 Å². The second-order valence-electron chi connectivity index (χ2n) is 7.98. The summed E-state index contributed by atoms with van der Waals surface area (Å²) in [5, 5.41) is 13.5. The third-order valence-corrected chi connectivity index (χ3v) is 5.56. The number of rotatable bonds is 5. The molecule has 2 aromatic rings. The number of aromatic nitrogens is 2. The Morgan fingerprint density at radius 3 is 2.74 bits per heavy atom. The summed E-state index contributed by atoms with van der Waals surface area (Å²) >= 11 is 0. The maximum absolute atomic E-state index is 13.2. The number of halogens is 3. The first-order chi connectivity index (χ1) is 14.7. The van der Waals surface area contributed by atoms with Crippen LogP contribution in [0.4, 0.5) is 24.7 Å². The summed E-state index contributed by atoms with van der Waals surface area (Å²) < 4.78 is 51.1. The number of hydrogen-bond acceptors (Lipinski definition) is 6. The molecule has 6 nitrogen and oxygen atoms in total. The second kappa shape index (κ2) is 8.47. The van der Waals surface area contributed by atoms with Crippen molar-refractivity contribution >= 4 is 23.7 Å². The number of nitrogens with zero attached hydrogens (tertiary/aromatic N) is 2. The van der Waals surface area contributed by atoms with E-state index in [0.717, 1.165) is 41.1 Å². The Bertz CT molecular complexity index is 1080. The van der Waals surface area contributed by atoms with Gasteiger partial charge in [0.1, 0.15) is 0 Å². The van der Waals surface area contributed by atoms with Crippen molar-refractivity contribution < 1.29 is 22.6 Å². The van der Waals surface area contributed by atoms with Crippen molar-refractivity contribution in [3.8, 4) is 0 Å². The number of nitrogens with two attached hydrogens (primary N) is 1. The SMILES string of the molecule is Cc1nnc(N[C@H](C)c2cc(N)cc(C(F)(F)F)c2)c2c1=CCC(O[C@H]1CCOC1)C=2. The van der Waals surface area contributed by atoms with Crippen LogP contribution < -0.4 is 21.5 Å².